The van der Waals surface area contributed by atoms with Gasteiger partial charge in [-0.25, -0.2) is 4.79 Å². The van der Waals surface area contributed by atoms with Crippen LogP contribution in [0.4, 0.5) is 0 Å². The van der Waals surface area contributed by atoms with Gasteiger partial charge < -0.3 is 19.3 Å². The minimum atomic E-state index is -1.08. The fraction of sp³-hybridized carbons (Fsp3) is 0.381. The average molecular weight is 356 g/mol. The van der Waals surface area contributed by atoms with Crippen molar-refractivity contribution in [2.24, 2.45) is 0 Å². The van der Waals surface area contributed by atoms with Crippen LogP contribution in [0.25, 0.3) is 0 Å². The third-order valence-electron chi connectivity index (χ3n) is 5.11. The van der Waals surface area contributed by atoms with Crippen molar-refractivity contribution in [2.75, 3.05) is 6.79 Å². The Morgan fingerprint density at radius 2 is 1.85 bits per heavy atom. The van der Waals surface area contributed by atoms with Gasteiger partial charge in [0.1, 0.15) is 17.2 Å². The normalized spacial score (nSPS) is 18.6. The maximum Gasteiger partial charge on any atom is 0.353 e. The summed E-state index contributed by atoms with van der Waals surface area (Å²) in [6.07, 6.45) is 1.12. The lowest BCUT2D eigenvalue weighted by Gasteiger charge is -2.35. The van der Waals surface area contributed by atoms with Crippen LogP contribution >= 0.6 is 0 Å². The molecule has 1 N–H and O–H groups in total. The Bertz CT molecular complexity index is 828. The Kier molecular flexibility index (Phi) is 4.81. The molecule has 1 aliphatic heterocycles. The Hall–Kier alpha value is -2.69. The maximum absolute atomic E-state index is 12.6. The molecule has 138 valence electrons. The summed E-state index contributed by atoms with van der Waals surface area (Å²) in [7, 11) is 0. The van der Waals surface area contributed by atoms with Gasteiger partial charge in [-0.05, 0) is 62.9 Å². The molecule has 3 rings (SSSR count). The van der Waals surface area contributed by atoms with Crippen molar-refractivity contribution in [3.8, 4) is 17.2 Å². The van der Waals surface area contributed by atoms with Gasteiger partial charge in [0.2, 0.25) is 12.4 Å². The molecule has 5 heteroatoms. The van der Waals surface area contributed by atoms with Crippen LogP contribution in [0, 0.1) is 20.8 Å². The predicted molar refractivity (Wildman–Crippen MR) is 97.7 cm³/mol. The van der Waals surface area contributed by atoms with Crippen LogP contribution in [0.5, 0.6) is 17.2 Å². The second-order valence-corrected chi connectivity index (χ2v) is 6.87. The summed E-state index contributed by atoms with van der Waals surface area (Å²) in [4.78, 5) is 12.6. The summed E-state index contributed by atoms with van der Waals surface area (Å²) in [6.45, 7) is 7.18. The lowest BCUT2D eigenvalue weighted by Crippen LogP contribution is -2.46. The smallest absolute Gasteiger partial charge is 0.353 e. The summed E-state index contributed by atoms with van der Waals surface area (Å²) in [5.74, 6) is 1.15. The number of carbonyl (C=O) groups excluding carboxylic acids is 1. The standard InChI is InChI=1S/C21H24O5/c1-13-14(2)19-17(15(3)18(13)22)10-11-21(4,26-19)20(23)25-12-24-16-8-6-5-7-9-16/h5-9,22H,10-12H2,1-4H3. The zero-order valence-electron chi connectivity index (χ0n) is 15.6. The van der Waals surface area contributed by atoms with E-state index < -0.39 is 11.6 Å². The quantitative estimate of drug-likeness (QED) is 0.663. The SMILES string of the molecule is Cc1c(C)c2c(c(C)c1O)CCC(C)(C(=O)OCOc1ccccc1)O2. The summed E-state index contributed by atoms with van der Waals surface area (Å²) in [5.41, 5.74) is 2.31. The molecular formula is C21H24O5. The van der Waals surface area contributed by atoms with E-state index in [-0.39, 0.29) is 6.79 Å². The number of phenolic OH excluding ortho intramolecular Hbond substituents is 1. The van der Waals surface area contributed by atoms with E-state index in [4.69, 9.17) is 14.2 Å². The number of carbonyl (C=O) groups is 1. The zero-order valence-corrected chi connectivity index (χ0v) is 15.6. The first-order valence-electron chi connectivity index (χ1n) is 8.69. The number of para-hydroxylation sites is 1. The van der Waals surface area contributed by atoms with Gasteiger partial charge in [-0.1, -0.05) is 18.2 Å². The minimum absolute atomic E-state index is 0.165. The number of esters is 1. The lowest BCUT2D eigenvalue weighted by atomic mass is 9.87. The van der Waals surface area contributed by atoms with Crippen molar-refractivity contribution < 1.29 is 24.1 Å². The molecular weight excluding hydrogens is 332 g/mol. The number of aromatic hydroxyl groups is 1. The second-order valence-electron chi connectivity index (χ2n) is 6.87. The van der Waals surface area contributed by atoms with E-state index in [2.05, 4.69) is 0 Å². The van der Waals surface area contributed by atoms with Crippen LogP contribution in [-0.4, -0.2) is 23.5 Å². The number of hydrogen-bond donors (Lipinski definition) is 1. The number of fused-ring (bicyclic) bond motifs is 1. The van der Waals surface area contributed by atoms with Gasteiger partial charge in [-0.15, -0.1) is 0 Å². The summed E-state index contributed by atoms with van der Waals surface area (Å²) >= 11 is 0. The molecule has 0 saturated carbocycles. The Labute approximate surface area is 153 Å². The van der Waals surface area contributed by atoms with E-state index in [0.29, 0.717) is 30.1 Å². The largest absolute Gasteiger partial charge is 0.507 e. The topological polar surface area (TPSA) is 65.0 Å². The van der Waals surface area contributed by atoms with E-state index in [1.54, 1.807) is 19.1 Å². The van der Waals surface area contributed by atoms with E-state index in [9.17, 15) is 9.90 Å². The third kappa shape index (κ3) is 3.21. The van der Waals surface area contributed by atoms with Crippen molar-refractivity contribution >= 4 is 5.97 Å². The Balaban J connectivity index is 1.73. The molecule has 0 spiro atoms. The van der Waals surface area contributed by atoms with Gasteiger partial charge in [-0.3, -0.25) is 0 Å². The van der Waals surface area contributed by atoms with Gasteiger partial charge in [-0.2, -0.15) is 0 Å². The molecule has 1 unspecified atom stereocenters. The van der Waals surface area contributed by atoms with Crippen LogP contribution < -0.4 is 9.47 Å². The molecule has 1 aliphatic rings. The van der Waals surface area contributed by atoms with Gasteiger partial charge in [0.15, 0.2) is 0 Å². The number of benzene rings is 2. The Morgan fingerprint density at radius 1 is 1.15 bits per heavy atom. The molecule has 0 bridgehead atoms. The number of phenols is 1. The molecule has 0 saturated heterocycles. The summed E-state index contributed by atoms with van der Waals surface area (Å²) in [6, 6.07) is 9.18. The third-order valence-corrected chi connectivity index (χ3v) is 5.11. The van der Waals surface area contributed by atoms with Crippen LogP contribution in [0.3, 0.4) is 0 Å². The van der Waals surface area contributed by atoms with E-state index in [0.717, 1.165) is 22.3 Å². The van der Waals surface area contributed by atoms with Crippen molar-refractivity contribution in [1.29, 1.82) is 0 Å². The number of rotatable bonds is 4. The summed E-state index contributed by atoms with van der Waals surface area (Å²) < 4.78 is 16.8. The van der Waals surface area contributed by atoms with Gasteiger partial charge in [0.25, 0.3) is 0 Å². The monoisotopic (exact) mass is 356 g/mol. The van der Waals surface area contributed by atoms with Gasteiger partial charge >= 0.3 is 5.97 Å². The zero-order chi connectivity index (χ0) is 18.9. The van der Waals surface area contributed by atoms with Crippen molar-refractivity contribution in [2.45, 2.75) is 46.1 Å². The fourth-order valence-corrected chi connectivity index (χ4v) is 3.21. The number of ether oxygens (including phenoxy) is 3. The van der Waals surface area contributed by atoms with Crippen LogP contribution in [-0.2, 0) is 16.0 Å². The Morgan fingerprint density at radius 3 is 2.54 bits per heavy atom. The molecule has 0 aromatic heterocycles. The lowest BCUT2D eigenvalue weighted by molar-refractivity contribution is -0.169. The van der Waals surface area contributed by atoms with Crippen molar-refractivity contribution in [1.82, 2.24) is 0 Å². The average Bonchev–Trinajstić information content (AvgIpc) is 2.65. The molecule has 2 aromatic carbocycles. The molecule has 0 radical (unpaired) electrons. The molecule has 1 heterocycles. The van der Waals surface area contributed by atoms with Crippen LogP contribution in [0.2, 0.25) is 0 Å². The second kappa shape index (κ2) is 6.90. The molecule has 1 atom stereocenters. The minimum Gasteiger partial charge on any atom is -0.507 e. The van der Waals surface area contributed by atoms with E-state index in [1.165, 1.54) is 0 Å². The van der Waals surface area contributed by atoms with Crippen LogP contribution in [0.1, 0.15) is 35.6 Å². The first kappa shape index (κ1) is 18.1. The highest BCUT2D eigenvalue weighted by Gasteiger charge is 2.42. The molecule has 2 aromatic rings. The summed E-state index contributed by atoms with van der Waals surface area (Å²) in [5, 5.41) is 10.2. The van der Waals surface area contributed by atoms with E-state index in [1.807, 2.05) is 39.0 Å². The molecule has 5 nitrogen and oxygen atoms in total. The van der Waals surface area contributed by atoms with Crippen molar-refractivity contribution in [3.63, 3.8) is 0 Å². The highest BCUT2D eigenvalue weighted by Crippen LogP contribution is 2.43. The molecule has 0 fully saturated rings. The van der Waals surface area contributed by atoms with Gasteiger partial charge in [0, 0.05) is 12.0 Å². The van der Waals surface area contributed by atoms with Gasteiger partial charge in [0.05, 0.1) is 0 Å². The first-order chi connectivity index (χ1) is 12.3. The first-order valence-corrected chi connectivity index (χ1v) is 8.69. The molecule has 0 amide bonds. The van der Waals surface area contributed by atoms with E-state index >= 15 is 0 Å². The maximum atomic E-state index is 12.6. The van der Waals surface area contributed by atoms with Crippen LogP contribution in [0.15, 0.2) is 30.3 Å². The highest BCUT2D eigenvalue weighted by atomic mass is 16.7. The predicted octanol–water partition coefficient (Wildman–Crippen LogP) is 3.98. The number of hydrogen-bond acceptors (Lipinski definition) is 5. The highest BCUT2D eigenvalue weighted by molar-refractivity contribution is 5.80. The fourth-order valence-electron chi connectivity index (χ4n) is 3.21. The molecule has 0 aliphatic carbocycles. The van der Waals surface area contributed by atoms with Crippen molar-refractivity contribution in [3.05, 3.63) is 52.6 Å². The molecule has 26 heavy (non-hydrogen) atoms.